The highest BCUT2D eigenvalue weighted by Crippen LogP contribution is 2.40. The number of allylic oxidation sites excluding steroid dienone is 1. The van der Waals surface area contributed by atoms with Crippen LogP contribution in [-0.2, 0) is 22.4 Å². The number of carbonyl (C=O) groups excluding carboxylic acids is 1. The number of carboxylic acid groups (broad SMARTS) is 1. The first kappa shape index (κ1) is 24.3. The molecule has 0 aliphatic carbocycles. The fourth-order valence-electron chi connectivity index (χ4n) is 4.47. The van der Waals surface area contributed by atoms with E-state index < -0.39 is 5.97 Å². The number of para-hydroxylation sites is 1. The second-order valence-electron chi connectivity index (χ2n) is 8.93. The third-order valence-corrected chi connectivity index (χ3v) is 6.75. The van der Waals surface area contributed by atoms with E-state index >= 15 is 0 Å². The van der Waals surface area contributed by atoms with Crippen LogP contribution in [0.3, 0.4) is 0 Å². The Morgan fingerprint density at radius 3 is 2.57 bits per heavy atom. The number of hydrogen-bond donors (Lipinski definition) is 3. The van der Waals surface area contributed by atoms with E-state index in [9.17, 15) is 14.7 Å². The van der Waals surface area contributed by atoms with Crippen LogP contribution in [0.4, 0.5) is 5.69 Å². The molecule has 184 valence electrons. The summed E-state index contributed by atoms with van der Waals surface area (Å²) in [5, 5.41) is 22.6. The number of nitrogens with zero attached hydrogens (tertiary/aromatic N) is 1. The minimum absolute atomic E-state index is 0.0445. The predicted octanol–water partition coefficient (Wildman–Crippen LogP) is 6.29. The molecule has 7 heteroatoms. The molecule has 6 nitrogen and oxygen atoms in total. The van der Waals surface area contributed by atoms with Crippen molar-refractivity contribution in [1.82, 2.24) is 4.98 Å². The topological polar surface area (TPSA) is 99.5 Å². The van der Waals surface area contributed by atoms with Gasteiger partial charge >= 0.3 is 5.97 Å². The number of hydrogen-bond acceptors (Lipinski definition) is 4. The highest BCUT2D eigenvalue weighted by molar-refractivity contribution is 6.36. The van der Waals surface area contributed by atoms with Crippen LogP contribution in [0.5, 0.6) is 5.75 Å². The van der Waals surface area contributed by atoms with Crippen LogP contribution in [0, 0.1) is 6.92 Å². The molecule has 0 fully saturated rings. The highest BCUT2D eigenvalue weighted by Gasteiger charge is 2.26. The standard InChI is InChI=1S/C30H23ClN2O4/c1-17-6-7-18(12-20(17)13-29(35)36)8-10-22-23-14-24(25(31)15-27(23)33-30(22)37)26-11-9-19(16-32-26)21-4-2-3-5-28(21)34/h2-7,9-12,14-16,34H,8,13H2,1H3,(H,33,37)(H,35,36)/b22-10-. The van der Waals surface area contributed by atoms with E-state index in [1.807, 2.05) is 61.5 Å². The van der Waals surface area contributed by atoms with Crippen LogP contribution in [0.2, 0.25) is 5.02 Å². The van der Waals surface area contributed by atoms with E-state index in [1.54, 1.807) is 24.4 Å². The van der Waals surface area contributed by atoms with Gasteiger partial charge in [0.05, 0.1) is 22.8 Å². The van der Waals surface area contributed by atoms with E-state index in [0.29, 0.717) is 39.5 Å². The minimum Gasteiger partial charge on any atom is -0.507 e. The zero-order chi connectivity index (χ0) is 26.1. The number of rotatable bonds is 6. The molecule has 2 heterocycles. The smallest absolute Gasteiger partial charge is 0.307 e. The van der Waals surface area contributed by atoms with Gasteiger partial charge in [-0.1, -0.05) is 60.1 Å². The van der Waals surface area contributed by atoms with Crippen molar-refractivity contribution in [3.05, 3.63) is 106 Å². The van der Waals surface area contributed by atoms with Gasteiger partial charge in [0.15, 0.2) is 0 Å². The van der Waals surface area contributed by atoms with Crippen molar-refractivity contribution in [3.8, 4) is 28.1 Å². The number of halogens is 1. The van der Waals surface area contributed by atoms with Gasteiger partial charge < -0.3 is 15.5 Å². The van der Waals surface area contributed by atoms with Crippen LogP contribution in [0.1, 0.15) is 22.3 Å². The average molecular weight is 511 g/mol. The Morgan fingerprint density at radius 1 is 1.03 bits per heavy atom. The van der Waals surface area contributed by atoms with Gasteiger partial charge in [-0.25, -0.2) is 0 Å². The summed E-state index contributed by atoms with van der Waals surface area (Å²) in [5.74, 6) is -0.922. The third kappa shape index (κ3) is 4.97. The molecule has 37 heavy (non-hydrogen) atoms. The molecule has 0 saturated carbocycles. The van der Waals surface area contributed by atoms with E-state index in [2.05, 4.69) is 10.3 Å². The quantitative estimate of drug-likeness (QED) is 0.265. The van der Waals surface area contributed by atoms with E-state index in [1.165, 1.54) is 0 Å². The summed E-state index contributed by atoms with van der Waals surface area (Å²) < 4.78 is 0. The van der Waals surface area contributed by atoms with Crippen LogP contribution >= 0.6 is 11.6 Å². The second kappa shape index (κ2) is 9.91. The number of aromatic nitrogens is 1. The predicted molar refractivity (Wildman–Crippen MR) is 145 cm³/mol. The normalized spacial score (nSPS) is 13.5. The molecule has 0 atom stereocenters. The third-order valence-electron chi connectivity index (χ3n) is 6.44. The first-order chi connectivity index (χ1) is 17.8. The Kier molecular flexibility index (Phi) is 6.51. The molecule has 0 radical (unpaired) electrons. The Morgan fingerprint density at radius 2 is 1.84 bits per heavy atom. The van der Waals surface area contributed by atoms with Gasteiger partial charge in [-0.05, 0) is 54.3 Å². The van der Waals surface area contributed by atoms with Crippen molar-refractivity contribution >= 4 is 34.7 Å². The lowest BCUT2D eigenvalue weighted by atomic mass is 9.97. The molecule has 1 aromatic heterocycles. The first-order valence-electron chi connectivity index (χ1n) is 11.7. The van der Waals surface area contributed by atoms with Gasteiger partial charge in [0.1, 0.15) is 5.75 Å². The first-order valence-corrected chi connectivity index (χ1v) is 12.1. The number of pyridine rings is 1. The number of amides is 1. The molecule has 1 amide bonds. The molecule has 5 rings (SSSR count). The Hall–Kier alpha value is -4.42. The Labute approximate surface area is 218 Å². The molecule has 1 aliphatic heterocycles. The van der Waals surface area contributed by atoms with Crippen molar-refractivity contribution in [2.75, 3.05) is 5.32 Å². The van der Waals surface area contributed by atoms with Gasteiger partial charge in [0, 0.05) is 34.0 Å². The van der Waals surface area contributed by atoms with E-state index in [0.717, 1.165) is 27.8 Å². The van der Waals surface area contributed by atoms with Crippen LogP contribution in [-0.4, -0.2) is 27.1 Å². The molecule has 0 spiro atoms. The van der Waals surface area contributed by atoms with Crippen LogP contribution in [0.15, 0.2) is 79.0 Å². The fraction of sp³-hybridized carbons (Fsp3) is 0.100. The number of phenolic OH excluding ortho intramolecular Hbond substituents is 1. The molecule has 0 bridgehead atoms. The number of aryl methyl sites for hydroxylation is 1. The zero-order valence-electron chi connectivity index (χ0n) is 20.0. The SMILES string of the molecule is Cc1ccc(C/C=C2\C(=O)Nc3cc(Cl)c(-c4ccc(-c5ccccc5O)cn4)cc32)cc1CC(=O)O. The fourth-order valence-corrected chi connectivity index (χ4v) is 4.73. The maximum Gasteiger partial charge on any atom is 0.307 e. The van der Waals surface area contributed by atoms with Crippen LogP contribution in [0.25, 0.3) is 28.0 Å². The number of anilines is 1. The van der Waals surface area contributed by atoms with Gasteiger partial charge in [-0.2, -0.15) is 0 Å². The lowest BCUT2D eigenvalue weighted by Crippen LogP contribution is -2.04. The van der Waals surface area contributed by atoms with E-state index in [-0.39, 0.29) is 18.1 Å². The number of nitrogens with one attached hydrogen (secondary N) is 1. The van der Waals surface area contributed by atoms with Gasteiger partial charge in [0.25, 0.3) is 5.91 Å². The van der Waals surface area contributed by atoms with Gasteiger partial charge in [-0.15, -0.1) is 0 Å². The zero-order valence-corrected chi connectivity index (χ0v) is 20.7. The molecule has 3 N–H and O–H groups in total. The monoisotopic (exact) mass is 510 g/mol. The number of benzene rings is 3. The summed E-state index contributed by atoms with van der Waals surface area (Å²) in [5.41, 5.74) is 7.27. The molecule has 4 aromatic rings. The Balaban J connectivity index is 1.46. The molecule has 3 aromatic carbocycles. The van der Waals surface area contributed by atoms with Crippen molar-refractivity contribution in [2.24, 2.45) is 0 Å². The summed E-state index contributed by atoms with van der Waals surface area (Å²) in [7, 11) is 0. The average Bonchev–Trinajstić information content (AvgIpc) is 3.17. The summed E-state index contributed by atoms with van der Waals surface area (Å²) in [4.78, 5) is 28.5. The van der Waals surface area contributed by atoms with Crippen molar-refractivity contribution in [1.29, 1.82) is 0 Å². The number of carboxylic acids is 1. The number of carbonyl (C=O) groups is 2. The minimum atomic E-state index is -0.880. The number of aromatic hydroxyl groups is 1. The number of phenols is 1. The maximum atomic E-state index is 12.8. The lowest BCUT2D eigenvalue weighted by molar-refractivity contribution is -0.136. The molecule has 0 saturated heterocycles. The van der Waals surface area contributed by atoms with Gasteiger partial charge in [0.2, 0.25) is 0 Å². The van der Waals surface area contributed by atoms with Crippen LogP contribution < -0.4 is 5.32 Å². The lowest BCUT2D eigenvalue weighted by Gasteiger charge is -2.09. The summed E-state index contributed by atoms with van der Waals surface area (Å²) in [6, 6.07) is 20.1. The largest absolute Gasteiger partial charge is 0.507 e. The van der Waals surface area contributed by atoms with E-state index in [4.69, 9.17) is 16.7 Å². The van der Waals surface area contributed by atoms with Crippen molar-refractivity contribution < 1.29 is 19.8 Å². The molecular weight excluding hydrogens is 488 g/mol. The van der Waals surface area contributed by atoms with Gasteiger partial charge in [-0.3, -0.25) is 14.6 Å². The number of fused-ring (bicyclic) bond motifs is 1. The molecular formula is C30H23ClN2O4. The molecule has 0 unspecified atom stereocenters. The summed E-state index contributed by atoms with van der Waals surface area (Å²) >= 11 is 6.57. The van der Waals surface area contributed by atoms with Crippen molar-refractivity contribution in [2.45, 2.75) is 19.8 Å². The maximum absolute atomic E-state index is 12.8. The number of aliphatic carboxylic acids is 1. The van der Waals surface area contributed by atoms with Crippen molar-refractivity contribution in [3.63, 3.8) is 0 Å². The highest BCUT2D eigenvalue weighted by atomic mass is 35.5. The molecule has 1 aliphatic rings. The summed E-state index contributed by atoms with van der Waals surface area (Å²) in [6.07, 6.45) is 3.96. The summed E-state index contributed by atoms with van der Waals surface area (Å²) in [6.45, 7) is 1.88. The Bertz CT molecular complexity index is 1580. The second-order valence-corrected chi connectivity index (χ2v) is 9.34.